The summed E-state index contributed by atoms with van der Waals surface area (Å²) >= 11 is 0. The molecule has 0 aliphatic heterocycles. The average Bonchev–Trinajstić information content (AvgIpc) is 3.28. The Labute approximate surface area is 118 Å². The van der Waals surface area contributed by atoms with Gasteiger partial charge in [-0.15, -0.1) is 0 Å². The molecule has 0 spiro atoms. The number of esters is 1. The third-order valence-corrected chi connectivity index (χ3v) is 3.25. The molecule has 1 saturated carbocycles. The van der Waals surface area contributed by atoms with E-state index >= 15 is 0 Å². The summed E-state index contributed by atoms with van der Waals surface area (Å²) in [5.74, 6) is 0.0426. The number of aromatic nitrogens is 1. The van der Waals surface area contributed by atoms with Crippen molar-refractivity contribution >= 4 is 11.9 Å². The molecule has 0 atom stereocenters. The van der Waals surface area contributed by atoms with Gasteiger partial charge in [-0.1, -0.05) is 0 Å². The van der Waals surface area contributed by atoms with E-state index in [4.69, 9.17) is 4.74 Å². The van der Waals surface area contributed by atoms with E-state index in [1.165, 1.54) is 0 Å². The standard InChI is InChI=1S/C15H20N2O3/c1-2-20-14(18)7-10-17(15(19)13-3-4-13)11-12-5-8-16-9-6-12/h5-6,8-9,13H,2-4,7,10-11H2,1H3. The molecule has 1 fully saturated rings. The fraction of sp³-hybridized carbons (Fsp3) is 0.533. The first-order valence-corrected chi connectivity index (χ1v) is 7.04. The minimum Gasteiger partial charge on any atom is -0.466 e. The largest absolute Gasteiger partial charge is 0.466 e. The molecular formula is C15H20N2O3. The van der Waals surface area contributed by atoms with Gasteiger partial charge in [-0.3, -0.25) is 14.6 Å². The van der Waals surface area contributed by atoms with Gasteiger partial charge in [-0.25, -0.2) is 0 Å². The normalized spacial score (nSPS) is 13.8. The van der Waals surface area contributed by atoms with E-state index in [9.17, 15) is 9.59 Å². The molecule has 0 N–H and O–H groups in total. The highest BCUT2D eigenvalue weighted by molar-refractivity contribution is 5.81. The topological polar surface area (TPSA) is 59.5 Å². The summed E-state index contributed by atoms with van der Waals surface area (Å²) in [5.41, 5.74) is 1.03. The number of carbonyl (C=O) groups excluding carboxylic acids is 2. The molecule has 5 heteroatoms. The van der Waals surface area contributed by atoms with Crippen LogP contribution in [0.2, 0.25) is 0 Å². The zero-order valence-corrected chi connectivity index (χ0v) is 11.7. The zero-order valence-electron chi connectivity index (χ0n) is 11.7. The minimum atomic E-state index is -0.254. The summed E-state index contributed by atoms with van der Waals surface area (Å²) < 4.78 is 4.91. The van der Waals surface area contributed by atoms with Gasteiger partial charge in [-0.2, -0.15) is 0 Å². The van der Waals surface area contributed by atoms with E-state index in [0.29, 0.717) is 19.7 Å². The summed E-state index contributed by atoms with van der Waals surface area (Å²) in [6, 6.07) is 3.77. The molecule has 1 amide bonds. The number of carbonyl (C=O) groups is 2. The van der Waals surface area contributed by atoms with Crippen LogP contribution in [0.5, 0.6) is 0 Å². The lowest BCUT2D eigenvalue weighted by atomic mass is 10.2. The molecule has 0 bridgehead atoms. The molecule has 5 nitrogen and oxygen atoms in total. The maximum atomic E-state index is 12.2. The molecular weight excluding hydrogens is 256 g/mol. The van der Waals surface area contributed by atoms with E-state index in [-0.39, 0.29) is 24.2 Å². The Bertz CT molecular complexity index is 457. The lowest BCUT2D eigenvalue weighted by Gasteiger charge is -2.22. The van der Waals surface area contributed by atoms with Gasteiger partial charge in [0, 0.05) is 31.4 Å². The maximum Gasteiger partial charge on any atom is 0.307 e. The highest BCUT2D eigenvalue weighted by atomic mass is 16.5. The van der Waals surface area contributed by atoms with Gasteiger partial charge in [0.2, 0.25) is 5.91 Å². The molecule has 1 aromatic rings. The van der Waals surface area contributed by atoms with Crippen LogP contribution in [0.15, 0.2) is 24.5 Å². The van der Waals surface area contributed by atoms with E-state index in [1.807, 2.05) is 12.1 Å². The second-order valence-corrected chi connectivity index (χ2v) is 4.94. The van der Waals surface area contributed by atoms with Crippen molar-refractivity contribution in [3.63, 3.8) is 0 Å². The lowest BCUT2D eigenvalue weighted by Crippen LogP contribution is -2.34. The van der Waals surface area contributed by atoms with E-state index in [2.05, 4.69) is 4.98 Å². The maximum absolute atomic E-state index is 12.2. The number of pyridine rings is 1. The molecule has 1 heterocycles. The minimum absolute atomic E-state index is 0.145. The number of hydrogen-bond acceptors (Lipinski definition) is 4. The van der Waals surface area contributed by atoms with E-state index < -0.39 is 0 Å². The molecule has 0 saturated heterocycles. The second kappa shape index (κ2) is 7.03. The molecule has 1 aliphatic rings. The van der Waals surface area contributed by atoms with Gasteiger partial charge >= 0.3 is 5.97 Å². The Morgan fingerprint density at radius 2 is 2.05 bits per heavy atom. The Morgan fingerprint density at radius 1 is 1.35 bits per heavy atom. The number of hydrogen-bond donors (Lipinski definition) is 0. The SMILES string of the molecule is CCOC(=O)CCN(Cc1ccncc1)C(=O)C1CC1. The highest BCUT2D eigenvalue weighted by Gasteiger charge is 2.33. The smallest absolute Gasteiger partial charge is 0.307 e. The third-order valence-electron chi connectivity index (χ3n) is 3.25. The van der Waals surface area contributed by atoms with Gasteiger partial charge in [0.25, 0.3) is 0 Å². The molecule has 108 valence electrons. The monoisotopic (exact) mass is 276 g/mol. The van der Waals surface area contributed by atoms with Crippen molar-refractivity contribution in [2.24, 2.45) is 5.92 Å². The molecule has 1 aromatic heterocycles. The van der Waals surface area contributed by atoms with Crippen LogP contribution in [0.3, 0.4) is 0 Å². The summed E-state index contributed by atoms with van der Waals surface area (Å²) in [7, 11) is 0. The van der Waals surface area contributed by atoms with Crippen LogP contribution in [0.4, 0.5) is 0 Å². The first-order valence-electron chi connectivity index (χ1n) is 7.04. The van der Waals surface area contributed by atoms with Crippen LogP contribution in [0.1, 0.15) is 31.7 Å². The van der Waals surface area contributed by atoms with Crippen molar-refractivity contribution in [3.8, 4) is 0 Å². The highest BCUT2D eigenvalue weighted by Crippen LogP contribution is 2.31. The van der Waals surface area contributed by atoms with Crippen molar-refractivity contribution in [1.82, 2.24) is 9.88 Å². The van der Waals surface area contributed by atoms with Crippen LogP contribution >= 0.6 is 0 Å². The quantitative estimate of drug-likeness (QED) is 0.712. The Kier molecular flexibility index (Phi) is 5.09. The van der Waals surface area contributed by atoms with Crippen LogP contribution in [0, 0.1) is 5.92 Å². The summed E-state index contributed by atoms with van der Waals surface area (Å²) in [6.45, 7) is 3.09. The Balaban J connectivity index is 1.93. The van der Waals surface area contributed by atoms with Crippen LogP contribution < -0.4 is 0 Å². The van der Waals surface area contributed by atoms with Crippen molar-refractivity contribution in [2.45, 2.75) is 32.7 Å². The molecule has 1 aliphatic carbocycles. The predicted molar refractivity (Wildman–Crippen MR) is 73.6 cm³/mol. The number of ether oxygens (including phenoxy) is 1. The summed E-state index contributed by atoms with van der Waals surface area (Å²) in [5, 5.41) is 0. The van der Waals surface area contributed by atoms with Crippen LogP contribution in [-0.4, -0.2) is 34.9 Å². The first-order chi connectivity index (χ1) is 9.70. The predicted octanol–water partition coefficient (Wildman–Crippen LogP) is 1.77. The van der Waals surface area contributed by atoms with Crippen molar-refractivity contribution in [3.05, 3.63) is 30.1 Å². The molecule has 20 heavy (non-hydrogen) atoms. The Hall–Kier alpha value is -1.91. The van der Waals surface area contributed by atoms with Crippen molar-refractivity contribution in [1.29, 1.82) is 0 Å². The van der Waals surface area contributed by atoms with Gasteiger partial charge in [0.05, 0.1) is 13.0 Å². The van der Waals surface area contributed by atoms with Crippen LogP contribution in [0.25, 0.3) is 0 Å². The molecule has 0 aromatic carbocycles. The molecule has 0 radical (unpaired) electrons. The second-order valence-electron chi connectivity index (χ2n) is 4.94. The van der Waals surface area contributed by atoms with Gasteiger partial charge in [-0.05, 0) is 37.5 Å². The van der Waals surface area contributed by atoms with Crippen LogP contribution in [-0.2, 0) is 20.9 Å². The summed E-state index contributed by atoms with van der Waals surface area (Å²) in [4.78, 5) is 29.4. The zero-order chi connectivity index (χ0) is 14.4. The van der Waals surface area contributed by atoms with Gasteiger partial charge in [0.1, 0.15) is 0 Å². The summed E-state index contributed by atoms with van der Waals surface area (Å²) in [6.07, 6.45) is 5.59. The number of rotatable bonds is 7. The Morgan fingerprint density at radius 3 is 2.65 bits per heavy atom. The number of amides is 1. The first kappa shape index (κ1) is 14.5. The fourth-order valence-electron chi connectivity index (χ4n) is 2.02. The van der Waals surface area contributed by atoms with Gasteiger partial charge in [0.15, 0.2) is 0 Å². The van der Waals surface area contributed by atoms with Crippen molar-refractivity contribution < 1.29 is 14.3 Å². The lowest BCUT2D eigenvalue weighted by molar-refractivity contribution is -0.144. The fourth-order valence-corrected chi connectivity index (χ4v) is 2.02. The number of nitrogens with zero attached hydrogens (tertiary/aromatic N) is 2. The van der Waals surface area contributed by atoms with E-state index in [0.717, 1.165) is 18.4 Å². The van der Waals surface area contributed by atoms with Crippen molar-refractivity contribution in [2.75, 3.05) is 13.2 Å². The third kappa shape index (κ3) is 4.33. The molecule has 0 unspecified atom stereocenters. The van der Waals surface area contributed by atoms with E-state index in [1.54, 1.807) is 24.2 Å². The average molecular weight is 276 g/mol. The van der Waals surface area contributed by atoms with Gasteiger partial charge < -0.3 is 9.64 Å². The molecule has 2 rings (SSSR count).